The number of rotatable bonds is 2. The third kappa shape index (κ3) is 2.95. The van der Waals surface area contributed by atoms with Crippen LogP contribution in [0.2, 0.25) is 0 Å². The Morgan fingerprint density at radius 3 is 2.32 bits per heavy atom. The fourth-order valence-corrected chi connectivity index (χ4v) is 3.48. The molecule has 0 aromatic heterocycles. The number of amides is 1. The zero-order valence-corrected chi connectivity index (χ0v) is 12.6. The Bertz CT molecular complexity index is 322. The summed E-state index contributed by atoms with van der Waals surface area (Å²) in [6.45, 7) is 5.03. The van der Waals surface area contributed by atoms with Crippen LogP contribution in [0, 0.1) is 0 Å². The highest BCUT2D eigenvalue weighted by Crippen LogP contribution is 2.30. The lowest BCUT2D eigenvalue weighted by atomic mass is 9.92. The zero-order chi connectivity index (χ0) is 14.0. The van der Waals surface area contributed by atoms with Crippen LogP contribution < -0.4 is 0 Å². The van der Waals surface area contributed by atoms with Crippen LogP contribution in [0.1, 0.15) is 52.4 Å². The summed E-state index contributed by atoms with van der Waals surface area (Å²) >= 11 is 0. The van der Waals surface area contributed by atoms with Crippen LogP contribution in [0.25, 0.3) is 0 Å². The lowest BCUT2D eigenvalue weighted by Gasteiger charge is -2.51. The van der Waals surface area contributed by atoms with Crippen LogP contribution in [-0.4, -0.2) is 58.6 Å². The van der Waals surface area contributed by atoms with E-state index in [9.17, 15) is 9.90 Å². The normalized spacial score (nSPS) is 30.4. The second kappa shape index (κ2) is 5.80. The van der Waals surface area contributed by atoms with Gasteiger partial charge >= 0.3 is 0 Å². The summed E-state index contributed by atoms with van der Waals surface area (Å²) in [4.78, 5) is 16.5. The SMILES string of the molecule is CN1C(=O)C(CO)N(C2CCCCCC2)CC1(C)C. The van der Waals surface area contributed by atoms with E-state index in [1.165, 1.54) is 38.5 Å². The van der Waals surface area contributed by atoms with Crippen LogP contribution in [0.15, 0.2) is 0 Å². The molecule has 1 amide bonds. The average Bonchev–Trinajstić information content (AvgIpc) is 2.64. The van der Waals surface area contributed by atoms with Gasteiger partial charge in [-0.25, -0.2) is 0 Å². The lowest BCUT2D eigenvalue weighted by molar-refractivity contribution is -0.154. The minimum Gasteiger partial charge on any atom is -0.394 e. The highest BCUT2D eigenvalue weighted by Gasteiger charge is 2.44. The number of piperazine rings is 1. The Kier molecular flexibility index (Phi) is 4.51. The van der Waals surface area contributed by atoms with E-state index in [0.717, 1.165) is 6.54 Å². The molecule has 1 saturated carbocycles. The molecule has 0 aromatic carbocycles. The van der Waals surface area contributed by atoms with Gasteiger partial charge in [-0.2, -0.15) is 0 Å². The summed E-state index contributed by atoms with van der Waals surface area (Å²) in [5, 5.41) is 9.63. The van der Waals surface area contributed by atoms with Gasteiger partial charge in [0.25, 0.3) is 0 Å². The highest BCUT2D eigenvalue weighted by atomic mass is 16.3. The number of hydrogen-bond donors (Lipinski definition) is 1. The first kappa shape index (κ1) is 14.8. The Hall–Kier alpha value is -0.610. The Morgan fingerprint density at radius 2 is 1.79 bits per heavy atom. The Balaban J connectivity index is 2.18. The molecule has 1 saturated heterocycles. The third-order valence-corrected chi connectivity index (χ3v) is 4.96. The van der Waals surface area contributed by atoms with Gasteiger partial charge in [0, 0.05) is 25.2 Å². The van der Waals surface area contributed by atoms with E-state index < -0.39 is 0 Å². The van der Waals surface area contributed by atoms with E-state index in [-0.39, 0.29) is 24.1 Å². The molecule has 1 unspecified atom stereocenters. The standard InChI is InChI=1S/C15H28N2O2/c1-15(2)11-17(12-8-6-4-5-7-9-12)13(10-18)14(19)16(15)3/h12-13,18H,4-11H2,1-3H3. The van der Waals surface area contributed by atoms with Crippen LogP contribution in [0.3, 0.4) is 0 Å². The van der Waals surface area contributed by atoms with Crippen molar-refractivity contribution in [3.63, 3.8) is 0 Å². The van der Waals surface area contributed by atoms with Gasteiger partial charge in [-0.15, -0.1) is 0 Å². The van der Waals surface area contributed by atoms with Gasteiger partial charge in [0.2, 0.25) is 5.91 Å². The first-order valence-electron chi connectivity index (χ1n) is 7.61. The fourth-order valence-electron chi connectivity index (χ4n) is 3.48. The van der Waals surface area contributed by atoms with Gasteiger partial charge in [-0.05, 0) is 26.7 Å². The second-order valence-corrected chi connectivity index (χ2v) is 6.73. The van der Waals surface area contributed by atoms with Crippen molar-refractivity contribution in [1.82, 2.24) is 9.80 Å². The largest absolute Gasteiger partial charge is 0.394 e. The molecule has 0 bridgehead atoms. The first-order chi connectivity index (χ1) is 8.97. The van der Waals surface area contributed by atoms with Crippen LogP contribution >= 0.6 is 0 Å². The molecule has 2 fully saturated rings. The molecule has 1 aliphatic heterocycles. The molecule has 2 rings (SSSR count). The summed E-state index contributed by atoms with van der Waals surface area (Å²) in [5.74, 6) is 0.0722. The molecule has 1 N–H and O–H groups in total. The maximum absolute atomic E-state index is 12.4. The summed E-state index contributed by atoms with van der Waals surface area (Å²) in [5.41, 5.74) is -0.144. The summed E-state index contributed by atoms with van der Waals surface area (Å²) in [7, 11) is 1.86. The predicted octanol–water partition coefficient (Wildman–Crippen LogP) is 1.62. The maximum Gasteiger partial charge on any atom is 0.242 e. The number of carbonyl (C=O) groups excluding carboxylic acids is 1. The van der Waals surface area contributed by atoms with Crippen molar-refractivity contribution in [3.05, 3.63) is 0 Å². The van der Waals surface area contributed by atoms with Crippen molar-refractivity contribution >= 4 is 5.91 Å². The molecule has 110 valence electrons. The Labute approximate surface area is 116 Å². The van der Waals surface area contributed by atoms with E-state index in [4.69, 9.17) is 0 Å². The molecule has 4 heteroatoms. The van der Waals surface area contributed by atoms with Crippen LogP contribution in [0.5, 0.6) is 0 Å². The molecule has 0 spiro atoms. The van der Waals surface area contributed by atoms with Crippen LogP contribution in [-0.2, 0) is 4.79 Å². The zero-order valence-electron chi connectivity index (χ0n) is 12.6. The molecule has 2 aliphatic rings. The van der Waals surface area contributed by atoms with Crippen molar-refractivity contribution in [3.8, 4) is 0 Å². The topological polar surface area (TPSA) is 43.8 Å². The second-order valence-electron chi connectivity index (χ2n) is 6.73. The molecular weight excluding hydrogens is 240 g/mol. The Morgan fingerprint density at radius 1 is 1.21 bits per heavy atom. The molecule has 1 aliphatic carbocycles. The predicted molar refractivity (Wildman–Crippen MR) is 75.9 cm³/mol. The van der Waals surface area contributed by atoms with Crippen molar-refractivity contribution in [1.29, 1.82) is 0 Å². The smallest absolute Gasteiger partial charge is 0.242 e. The van der Waals surface area contributed by atoms with Crippen molar-refractivity contribution in [2.75, 3.05) is 20.2 Å². The number of nitrogens with zero attached hydrogens (tertiary/aromatic N) is 2. The summed E-state index contributed by atoms with van der Waals surface area (Å²) in [6.07, 6.45) is 7.47. The lowest BCUT2D eigenvalue weighted by Crippen LogP contribution is -2.67. The molecule has 1 heterocycles. The molecule has 19 heavy (non-hydrogen) atoms. The van der Waals surface area contributed by atoms with Gasteiger partial charge in [-0.1, -0.05) is 25.7 Å². The quantitative estimate of drug-likeness (QED) is 0.774. The van der Waals surface area contributed by atoms with Crippen molar-refractivity contribution in [2.24, 2.45) is 0 Å². The van der Waals surface area contributed by atoms with Gasteiger partial charge in [0.05, 0.1) is 6.61 Å². The van der Waals surface area contributed by atoms with Crippen molar-refractivity contribution < 1.29 is 9.90 Å². The average molecular weight is 268 g/mol. The van der Waals surface area contributed by atoms with Gasteiger partial charge < -0.3 is 10.0 Å². The highest BCUT2D eigenvalue weighted by molar-refractivity contribution is 5.83. The third-order valence-electron chi connectivity index (χ3n) is 4.96. The minimum absolute atomic E-state index is 0.0598. The van der Waals surface area contributed by atoms with Crippen LogP contribution in [0.4, 0.5) is 0 Å². The maximum atomic E-state index is 12.4. The fraction of sp³-hybridized carbons (Fsp3) is 0.933. The van der Waals surface area contributed by atoms with E-state index >= 15 is 0 Å². The van der Waals surface area contributed by atoms with E-state index in [1.54, 1.807) is 4.90 Å². The van der Waals surface area contributed by atoms with E-state index in [2.05, 4.69) is 18.7 Å². The van der Waals surface area contributed by atoms with Gasteiger partial charge in [0.15, 0.2) is 0 Å². The molecular formula is C15H28N2O2. The van der Waals surface area contributed by atoms with E-state index in [0.29, 0.717) is 6.04 Å². The first-order valence-corrected chi connectivity index (χ1v) is 7.61. The number of hydrogen-bond acceptors (Lipinski definition) is 3. The van der Waals surface area contributed by atoms with E-state index in [1.807, 2.05) is 7.05 Å². The number of likely N-dealkylation sites (N-methyl/N-ethyl adjacent to an activating group) is 1. The molecule has 1 atom stereocenters. The number of carbonyl (C=O) groups is 1. The minimum atomic E-state index is -0.332. The van der Waals surface area contributed by atoms with Gasteiger partial charge in [-0.3, -0.25) is 9.69 Å². The molecule has 4 nitrogen and oxygen atoms in total. The molecule has 0 radical (unpaired) electrons. The number of aliphatic hydroxyl groups is 1. The van der Waals surface area contributed by atoms with Gasteiger partial charge in [0.1, 0.15) is 6.04 Å². The monoisotopic (exact) mass is 268 g/mol. The molecule has 0 aromatic rings. The number of aliphatic hydroxyl groups excluding tert-OH is 1. The summed E-state index contributed by atoms with van der Waals surface area (Å²) < 4.78 is 0. The summed E-state index contributed by atoms with van der Waals surface area (Å²) in [6, 6.07) is 0.137. The van der Waals surface area contributed by atoms with Crippen molar-refractivity contribution in [2.45, 2.75) is 70.0 Å².